The second-order valence-electron chi connectivity index (χ2n) is 4.49. The summed E-state index contributed by atoms with van der Waals surface area (Å²) in [4.78, 5) is 14.1. The monoisotopic (exact) mass is 325 g/mol. The van der Waals surface area contributed by atoms with Crippen LogP contribution >= 0.6 is 22.9 Å². The van der Waals surface area contributed by atoms with Crippen LogP contribution in [0.1, 0.15) is 20.1 Å². The second kappa shape index (κ2) is 6.37. The number of hydrogen-bond donors (Lipinski definition) is 1. The van der Waals surface area contributed by atoms with Gasteiger partial charge in [0, 0.05) is 17.0 Å². The van der Waals surface area contributed by atoms with Crippen molar-refractivity contribution in [1.29, 1.82) is 0 Å². The summed E-state index contributed by atoms with van der Waals surface area (Å²) in [6, 6.07) is 5.13. The van der Waals surface area contributed by atoms with Crippen LogP contribution in [0.4, 0.5) is 5.69 Å². The summed E-state index contributed by atoms with van der Waals surface area (Å²) in [6.07, 6.45) is 0. The first-order chi connectivity index (χ1) is 9.96. The summed E-state index contributed by atoms with van der Waals surface area (Å²) >= 11 is 7.50. The van der Waals surface area contributed by atoms with E-state index in [-0.39, 0.29) is 5.91 Å². The van der Waals surface area contributed by atoms with Gasteiger partial charge in [0.1, 0.15) is 11.5 Å². The summed E-state index contributed by atoms with van der Waals surface area (Å²) in [5.74, 6) is 0.782. The van der Waals surface area contributed by atoms with Gasteiger partial charge in [0.05, 0.1) is 29.8 Å². The van der Waals surface area contributed by atoms with Gasteiger partial charge in [-0.1, -0.05) is 11.6 Å². The van der Waals surface area contributed by atoms with Crippen LogP contribution in [-0.4, -0.2) is 20.1 Å². The average Bonchev–Trinajstić information content (AvgIpc) is 2.80. The Morgan fingerprint density at radius 2 is 1.81 bits per heavy atom. The number of anilines is 1. The fraction of sp³-hybridized carbons (Fsp3) is 0.267. The van der Waals surface area contributed by atoms with Gasteiger partial charge in [-0.2, -0.15) is 0 Å². The number of amides is 1. The minimum absolute atomic E-state index is 0.182. The molecule has 0 aliphatic rings. The molecule has 0 unspecified atom stereocenters. The van der Waals surface area contributed by atoms with Crippen molar-refractivity contribution in [3.63, 3.8) is 0 Å². The molecular formula is C15H16ClNO3S. The molecule has 0 aliphatic carbocycles. The number of ether oxygens (including phenoxy) is 2. The van der Waals surface area contributed by atoms with Crippen LogP contribution < -0.4 is 14.8 Å². The van der Waals surface area contributed by atoms with E-state index in [4.69, 9.17) is 21.1 Å². The molecule has 1 amide bonds. The van der Waals surface area contributed by atoms with Crippen molar-refractivity contribution in [1.82, 2.24) is 0 Å². The minimum atomic E-state index is -0.182. The van der Waals surface area contributed by atoms with Crippen LogP contribution in [0.3, 0.4) is 0 Å². The molecule has 2 aromatic rings. The smallest absolute Gasteiger partial charge is 0.265 e. The first kappa shape index (κ1) is 15.7. The molecule has 0 radical (unpaired) electrons. The van der Waals surface area contributed by atoms with E-state index in [1.807, 2.05) is 19.9 Å². The number of aryl methyl sites for hydroxylation is 2. The molecule has 1 heterocycles. The van der Waals surface area contributed by atoms with E-state index < -0.39 is 0 Å². The largest absolute Gasteiger partial charge is 0.495 e. The molecule has 0 bridgehead atoms. The molecule has 1 N–H and O–H groups in total. The van der Waals surface area contributed by atoms with E-state index in [1.54, 1.807) is 12.1 Å². The lowest BCUT2D eigenvalue weighted by Gasteiger charge is -2.12. The molecule has 0 fully saturated rings. The minimum Gasteiger partial charge on any atom is -0.495 e. The Labute approximate surface area is 132 Å². The molecule has 112 valence electrons. The molecule has 0 aliphatic heterocycles. The highest BCUT2D eigenvalue weighted by atomic mass is 35.5. The van der Waals surface area contributed by atoms with Crippen LogP contribution in [0.2, 0.25) is 5.02 Å². The maximum Gasteiger partial charge on any atom is 0.265 e. The molecule has 2 rings (SSSR count). The van der Waals surface area contributed by atoms with Gasteiger partial charge in [0.25, 0.3) is 5.91 Å². The Hall–Kier alpha value is -1.72. The van der Waals surface area contributed by atoms with Gasteiger partial charge in [0.15, 0.2) is 0 Å². The lowest BCUT2D eigenvalue weighted by Crippen LogP contribution is -2.11. The number of benzene rings is 1. The highest BCUT2D eigenvalue weighted by molar-refractivity contribution is 7.14. The Bertz CT molecular complexity index is 662. The summed E-state index contributed by atoms with van der Waals surface area (Å²) < 4.78 is 10.4. The average molecular weight is 326 g/mol. The van der Waals surface area contributed by atoms with Crippen molar-refractivity contribution in [2.24, 2.45) is 0 Å². The van der Waals surface area contributed by atoms with Gasteiger partial charge in [-0.3, -0.25) is 4.79 Å². The molecule has 1 aromatic heterocycles. The molecule has 1 aromatic carbocycles. The highest BCUT2D eigenvalue weighted by Gasteiger charge is 2.15. The van der Waals surface area contributed by atoms with E-state index in [9.17, 15) is 4.79 Å². The van der Waals surface area contributed by atoms with Crippen LogP contribution in [0, 0.1) is 13.8 Å². The first-order valence-electron chi connectivity index (χ1n) is 6.26. The summed E-state index contributed by atoms with van der Waals surface area (Å²) in [5, 5.41) is 3.25. The van der Waals surface area contributed by atoms with E-state index in [2.05, 4.69) is 5.32 Å². The number of hydrogen-bond acceptors (Lipinski definition) is 4. The molecule has 6 heteroatoms. The number of halogens is 1. The van der Waals surface area contributed by atoms with E-state index in [0.717, 1.165) is 10.4 Å². The Kier molecular flexibility index (Phi) is 4.75. The molecular weight excluding hydrogens is 310 g/mol. The zero-order valence-electron chi connectivity index (χ0n) is 12.2. The molecule has 0 saturated heterocycles. The van der Waals surface area contributed by atoms with Crippen molar-refractivity contribution in [2.75, 3.05) is 19.5 Å². The van der Waals surface area contributed by atoms with Gasteiger partial charge in [-0.05, 0) is 25.5 Å². The fourth-order valence-corrected chi connectivity index (χ4v) is 2.99. The molecule has 21 heavy (non-hydrogen) atoms. The zero-order chi connectivity index (χ0) is 15.6. The third kappa shape index (κ3) is 3.31. The van der Waals surface area contributed by atoms with E-state index in [0.29, 0.717) is 27.1 Å². The SMILES string of the molecule is COc1cc(NC(=O)c2cc(C)c(C)s2)c(OC)cc1Cl. The standard InChI is InChI=1S/C15H16ClNO3S/c1-8-5-14(21-9(8)2)15(18)17-11-7-12(19-3)10(16)6-13(11)20-4/h5-7H,1-4H3,(H,17,18). The van der Waals surface area contributed by atoms with Gasteiger partial charge in [-0.25, -0.2) is 0 Å². The van der Waals surface area contributed by atoms with Crippen LogP contribution in [-0.2, 0) is 0 Å². The predicted octanol–water partition coefficient (Wildman–Crippen LogP) is 4.29. The molecule has 0 spiro atoms. The van der Waals surface area contributed by atoms with Crippen LogP contribution in [0.25, 0.3) is 0 Å². The van der Waals surface area contributed by atoms with Gasteiger partial charge < -0.3 is 14.8 Å². The highest BCUT2D eigenvalue weighted by Crippen LogP contribution is 2.36. The first-order valence-corrected chi connectivity index (χ1v) is 7.45. The Morgan fingerprint density at radius 3 is 2.33 bits per heavy atom. The summed E-state index contributed by atoms with van der Waals surface area (Å²) in [6.45, 7) is 3.97. The Balaban J connectivity index is 2.31. The number of carbonyl (C=O) groups excluding carboxylic acids is 1. The predicted molar refractivity (Wildman–Crippen MR) is 86.3 cm³/mol. The van der Waals surface area contributed by atoms with Crippen molar-refractivity contribution >= 4 is 34.5 Å². The van der Waals surface area contributed by atoms with Crippen LogP contribution in [0.5, 0.6) is 11.5 Å². The van der Waals surface area contributed by atoms with Gasteiger partial charge >= 0.3 is 0 Å². The topological polar surface area (TPSA) is 47.6 Å². The molecule has 0 atom stereocenters. The maximum atomic E-state index is 12.3. The van der Waals surface area contributed by atoms with Crippen molar-refractivity contribution in [3.8, 4) is 11.5 Å². The molecule has 0 saturated carbocycles. The van der Waals surface area contributed by atoms with Crippen LogP contribution in [0.15, 0.2) is 18.2 Å². The number of carbonyl (C=O) groups is 1. The van der Waals surface area contributed by atoms with Crippen molar-refractivity contribution in [2.45, 2.75) is 13.8 Å². The maximum absolute atomic E-state index is 12.3. The second-order valence-corrected chi connectivity index (χ2v) is 6.15. The number of thiophene rings is 1. The van der Waals surface area contributed by atoms with Gasteiger partial charge in [0.2, 0.25) is 0 Å². The molecule has 4 nitrogen and oxygen atoms in total. The summed E-state index contributed by atoms with van der Waals surface area (Å²) in [7, 11) is 3.04. The van der Waals surface area contributed by atoms with Gasteiger partial charge in [-0.15, -0.1) is 11.3 Å². The zero-order valence-corrected chi connectivity index (χ0v) is 13.8. The lowest BCUT2D eigenvalue weighted by molar-refractivity contribution is 0.103. The lowest BCUT2D eigenvalue weighted by atomic mass is 10.2. The van der Waals surface area contributed by atoms with E-state index >= 15 is 0 Å². The number of nitrogens with one attached hydrogen (secondary N) is 1. The number of rotatable bonds is 4. The quantitative estimate of drug-likeness (QED) is 0.912. The van der Waals surface area contributed by atoms with Crippen molar-refractivity contribution < 1.29 is 14.3 Å². The third-order valence-corrected chi connectivity index (χ3v) is 4.56. The number of methoxy groups -OCH3 is 2. The van der Waals surface area contributed by atoms with E-state index in [1.165, 1.54) is 25.6 Å². The Morgan fingerprint density at radius 1 is 1.14 bits per heavy atom. The van der Waals surface area contributed by atoms with Crippen molar-refractivity contribution in [3.05, 3.63) is 38.5 Å². The third-order valence-electron chi connectivity index (χ3n) is 3.11. The normalized spacial score (nSPS) is 10.3. The summed E-state index contributed by atoms with van der Waals surface area (Å²) in [5.41, 5.74) is 1.62. The fourth-order valence-electron chi connectivity index (χ4n) is 1.83.